The Morgan fingerprint density at radius 2 is 1.76 bits per heavy atom. The highest BCUT2D eigenvalue weighted by Crippen LogP contribution is 2.31. The van der Waals surface area contributed by atoms with Crippen molar-refractivity contribution in [2.75, 3.05) is 5.32 Å². The molecule has 9 nitrogen and oxygen atoms in total. The van der Waals surface area contributed by atoms with Gasteiger partial charge in [-0.1, -0.05) is 19.9 Å². The number of H-pyrrole nitrogens is 2. The smallest absolute Gasteiger partial charge is 0.161 e. The summed E-state index contributed by atoms with van der Waals surface area (Å²) in [6, 6.07) is 9.85. The van der Waals surface area contributed by atoms with Crippen LogP contribution in [0, 0.1) is 0 Å². The fourth-order valence-electron chi connectivity index (χ4n) is 4.32. The van der Waals surface area contributed by atoms with Gasteiger partial charge in [0.25, 0.3) is 0 Å². The Labute approximate surface area is 213 Å². The number of hydrogen-bond donors (Lipinski definition) is 3. The summed E-state index contributed by atoms with van der Waals surface area (Å²) in [5.74, 6) is 0.620. The van der Waals surface area contributed by atoms with Crippen LogP contribution >= 0.6 is 0 Å². The Bertz CT molecular complexity index is 1720. The van der Waals surface area contributed by atoms with Gasteiger partial charge in [0.2, 0.25) is 0 Å². The number of hydrogen-bond acceptors (Lipinski definition) is 7. The third-order valence-electron chi connectivity index (χ3n) is 6.20. The molecule has 0 aliphatic heterocycles. The Morgan fingerprint density at radius 3 is 2.62 bits per heavy atom. The van der Waals surface area contributed by atoms with Crippen molar-refractivity contribution in [1.82, 2.24) is 40.1 Å². The van der Waals surface area contributed by atoms with E-state index in [2.05, 4.69) is 49.0 Å². The molecule has 0 aliphatic rings. The van der Waals surface area contributed by atoms with Crippen LogP contribution in [0.4, 0.5) is 5.69 Å². The minimum Gasteiger partial charge on any atom is -0.358 e. The number of rotatable bonds is 8. The largest absolute Gasteiger partial charge is 0.358 e. The zero-order valence-corrected chi connectivity index (χ0v) is 20.4. The summed E-state index contributed by atoms with van der Waals surface area (Å²) >= 11 is 0. The Balaban J connectivity index is 1.37. The van der Waals surface area contributed by atoms with Gasteiger partial charge in [-0.3, -0.25) is 20.1 Å². The van der Waals surface area contributed by atoms with E-state index in [1.165, 1.54) is 0 Å². The summed E-state index contributed by atoms with van der Waals surface area (Å²) in [7, 11) is 0. The molecule has 6 heterocycles. The molecule has 6 aromatic heterocycles. The van der Waals surface area contributed by atoms with Crippen molar-refractivity contribution >= 4 is 27.8 Å². The van der Waals surface area contributed by atoms with E-state index >= 15 is 0 Å². The number of nitrogens with one attached hydrogen (secondary N) is 3. The predicted octanol–water partition coefficient (Wildman–Crippen LogP) is 6.14. The number of aromatic amines is 2. The van der Waals surface area contributed by atoms with E-state index in [9.17, 15) is 0 Å². The number of unbranched alkanes of at least 4 members (excludes halogenated alkanes) is 1. The third kappa shape index (κ3) is 4.42. The average molecular weight is 488 g/mol. The Hall–Kier alpha value is -4.92. The monoisotopic (exact) mass is 487 g/mol. The van der Waals surface area contributed by atoms with Crippen LogP contribution in [0.25, 0.3) is 56.0 Å². The summed E-state index contributed by atoms with van der Waals surface area (Å²) in [5, 5.41) is 11.0. The Kier molecular flexibility index (Phi) is 5.86. The van der Waals surface area contributed by atoms with Gasteiger partial charge in [0.15, 0.2) is 11.5 Å². The molecule has 3 N–H and O–H groups in total. The molecule has 6 aromatic rings. The first kappa shape index (κ1) is 22.5. The average Bonchev–Trinajstić information content (AvgIpc) is 3.56. The van der Waals surface area contributed by atoms with E-state index in [1.54, 1.807) is 24.8 Å². The molecule has 37 heavy (non-hydrogen) atoms. The minimum atomic E-state index is 0.620. The van der Waals surface area contributed by atoms with Crippen LogP contribution in [0.15, 0.2) is 79.8 Å². The molecule has 0 saturated carbocycles. The van der Waals surface area contributed by atoms with Crippen molar-refractivity contribution in [2.45, 2.75) is 26.2 Å². The normalized spacial score (nSPS) is 11.3. The molecule has 6 rings (SSSR count). The molecule has 0 unspecified atom stereocenters. The van der Waals surface area contributed by atoms with Gasteiger partial charge in [-0.2, -0.15) is 5.10 Å². The van der Waals surface area contributed by atoms with E-state index < -0.39 is 0 Å². The number of fused-ring (bicyclic) bond motifs is 2. The Morgan fingerprint density at radius 1 is 0.892 bits per heavy atom. The molecule has 0 radical (unpaired) electrons. The highest BCUT2D eigenvalue weighted by atomic mass is 15.2. The number of pyridine rings is 4. The summed E-state index contributed by atoms with van der Waals surface area (Å²) in [5.41, 5.74) is 9.30. The van der Waals surface area contributed by atoms with Gasteiger partial charge < -0.3 is 10.3 Å². The molecule has 0 amide bonds. The summed E-state index contributed by atoms with van der Waals surface area (Å²) < 4.78 is 0. The maximum Gasteiger partial charge on any atom is 0.161 e. The summed E-state index contributed by atoms with van der Waals surface area (Å²) in [4.78, 5) is 26.1. The molecule has 0 bridgehead atoms. The molecule has 0 aromatic carbocycles. The third-order valence-corrected chi connectivity index (χ3v) is 6.20. The number of allylic oxidation sites excluding steroid dienone is 1. The molecule has 182 valence electrons. The minimum absolute atomic E-state index is 0.620. The molecule has 9 heteroatoms. The lowest BCUT2D eigenvalue weighted by atomic mass is 10.1. The van der Waals surface area contributed by atoms with Crippen molar-refractivity contribution in [1.29, 1.82) is 0 Å². The number of aromatic nitrogens is 8. The molecule has 0 fully saturated rings. The van der Waals surface area contributed by atoms with E-state index in [0.29, 0.717) is 11.5 Å². The number of imidazole rings is 1. The van der Waals surface area contributed by atoms with E-state index in [1.807, 2.05) is 42.7 Å². The van der Waals surface area contributed by atoms with Gasteiger partial charge >= 0.3 is 0 Å². The summed E-state index contributed by atoms with van der Waals surface area (Å²) in [6.07, 6.45) is 13.9. The zero-order chi connectivity index (χ0) is 25.2. The van der Waals surface area contributed by atoms with Crippen molar-refractivity contribution in [2.24, 2.45) is 0 Å². The van der Waals surface area contributed by atoms with Crippen LogP contribution in [-0.2, 0) is 0 Å². The lowest BCUT2D eigenvalue weighted by molar-refractivity contribution is 0.791. The first-order valence-electron chi connectivity index (χ1n) is 12.2. The fourth-order valence-corrected chi connectivity index (χ4v) is 4.32. The first-order chi connectivity index (χ1) is 18.2. The highest BCUT2D eigenvalue weighted by Gasteiger charge is 2.17. The van der Waals surface area contributed by atoms with E-state index in [4.69, 9.17) is 9.97 Å². The van der Waals surface area contributed by atoms with Gasteiger partial charge in [-0.25, -0.2) is 9.97 Å². The maximum absolute atomic E-state index is 4.93. The topological polar surface area (TPSA) is 121 Å². The van der Waals surface area contributed by atoms with Crippen LogP contribution in [0.2, 0.25) is 0 Å². The van der Waals surface area contributed by atoms with Gasteiger partial charge in [0.05, 0.1) is 40.3 Å². The standard InChI is InChI=1S/C28H25N9/c1-3-4-5-17(2)32-20-12-19(13-30-14-20)22-6-7-23-26(33-22)27(37-36-23)28-34-24-16-31-15-21(25(24)35-28)18-8-10-29-11-9-18/h6-16,32H,2-5H2,1H3,(H,34,35)(H,36,37). The van der Waals surface area contributed by atoms with Crippen molar-refractivity contribution in [3.63, 3.8) is 0 Å². The molecule has 0 spiro atoms. The molecule has 0 atom stereocenters. The number of nitrogens with zero attached hydrogens (tertiary/aromatic N) is 6. The second kappa shape index (κ2) is 9.62. The predicted molar refractivity (Wildman–Crippen MR) is 146 cm³/mol. The SMILES string of the molecule is C=C(CCCC)Nc1cncc(-c2ccc3[nH]nc(-c4nc5c(-c6ccncc6)cncc5[nH]4)c3n2)c1. The molecule has 0 aliphatic carbocycles. The second-order valence-corrected chi connectivity index (χ2v) is 8.86. The molecular formula is C28H25N9. The van der Waals surface area contributed by atoms with Crippen molar-refractivity contribution < 1.29 is 0 Å². The van der Waals surface area contributed by atoms with Crippen molar-refractivity contribution in [3.05, 3.63) is 79.8 Å². The maximum atomic E-state index is 4.93. The van der Waals surface area contributed by atoms with Gasteiger partial charge in [-0.05, 0) is 48.7 Å². The molecule has 0 saturated heterocycles. The first-order valence-corrected chi connectivity index (χ1v) is 12.2. The van der Waals surface area contributed by atoms with Gasteiger partial charge in [0.1, 0.15) is 5.52 Å². The number of anilines is 1. The van der Waals surface area contributed by atoms with Crippen molar-refractivity contribution in [3.8, 4) is 33.9 Å². The fraction of sp³-hybridized carbons (Fsp3) is 0.143. The van der Waals surface area contributed by atoms with Crippen LogP contribution in [0.5, 0.6) is 0 Å². The van der Waals surface area contributed by atoms with Crippen LogP contribution in [0.3, 0.4) is 0 Å². The van der Waals surface area contributed by atoms with Crippen LogP contribution in [-0.4, -0.2) is 40.1 Å². The van der Waals surface area contributed by atoms with Crippen LogP contribution < -0.4 is 5.32 Å². The lowest BCUT2D eigenvalue weighted by Crippen LogP contribution is -1.99. The zero-order valence-electron chi connectivity index (χ0n) is 20.4. The quantitative estimate of drug-likeness (QED) is 0.236. The highest BCUT2D eigenvalue weighted by molar-refractivity contribution is 5.95. The van der Waals surface area contributed by atoms with E-state index in [0.717, 1.165) is 75.1 Å². The van der Waals surface area contributed by atoms with Crippen LogP contribution in [0.1, 0.15) is 26.2 Å². The lowest BCUT2D eigenvalue weighted by Gasteiger charge is -2.10. The molecular weight excluding hydrogens is 462 g/mol. The second-order valence-electron chi connectivity index (χ2n) is 8.86. The van der Waals surface area contributed by atoms with Gasteiger partial charge in [-0.15, -0.1) is 0 Å². The summed E-state index contributed by atoms with van der Waals surface area (Å²) in [6.45, 7) is 6.30. The van der Waals surface area contributed by atoms with E-state index in [-0.39, 0.29) is 0 Å². The van der Waals surface area contributed by atoms with Gasteiger partial charge in [0, 0.05) is 41.6 Å².